The Hall–Kier alpha value is -7.72. The van der Waals surface area contributed by atoms with Crippen LogP contribution in [0.4, 0.5) is 4.79 Å². The SMILES string of the molecule is CC(=O)N[C@@H](Cc1cnc[nH]1)C(=O)N[C@@H](CO)C(=O)N[C@@H](CO)C(=O)N[C@@H](CCCCN)C(=O)N[C@@H](CC(C)C)C(=O)N[C@@H](CCC(N)=O)C(=O)N[C@@H](C)CC1CCCCN1C(=O)Oc1ccc(Cl)cc1-c1nc2ccc(Cl)cc2c(=O)[nH]1. The molecule has 1 unspecified atom stereocenters. The lowest BCUT2D eigenvalue weighted by Gasteiger charge is -2.36. The van der Waals surface area contributed by atoms with Crippen molar-refractivity contribution in [2.75, 3.05) is 26.3 Å². The van der Waals surface area contributed by atoms with E-state index in [-0.39, 0.29) is 78.5 Å². The maximum atomic E-state index is 14.2. The van der Waals surface area contributed by atoms with E-state index in [9.17, 15) is 58.2 Å². The van der Waals surface area contributed by atoms with Gasteiger partial charge in [0.25, 0.3) is 5.56 Å². The number of hydrogen-bond acceptors (Lipinski definition) is 16. The van der Waals surface area contributed by atoms with Crippen molar-refractivity contribution in [1.82, 2.24) is 62.1 Å². The van der Waals surface area contributed by atoms with Crippen LogP contribution in [0.15, 0.2) is 53.7 Å². The number of aliphatic hydroxyl groups is 2. The molecule has 0 bridgehead atoms. The molecule has 2 aromatic heterocycles. The number of aromatic amines is 2. The van der Waals surface area contributed by atoms with Gasteiger partial charge in [-0.3, -0.25) is 43.2 Å². The van der Waals surface area contributed by atoms with Crippen molar-refractivity contribution < 1.29 is 58.1 Å². The normalized spacial score (nSPS) is 15.8. The zero-order valence-corrected chi connectivity index (χ0v) is 48.1. The van der Waals surface area contributed by atoms with Crippen LogP contribution in [0.25, 0.3) is 22.3 Å². The second-order valence-corrected chi connectivity index (χ2v) is 21.6. The number of piperidine rings is 1. The second kappa shape index (κ2) is 32.2. The van der Waals surface area contributed by atoms with Crippen LogP contribution in [0.5, 0.6) is 5.75 Å². The molecule has 0 aliphatic carbocycles. The summed E-state index contributed by atoms with van der Waals surface area (Å²) in [6.45, 7) is 5.05. The van der Waals surface area contributed by atoms with Crippen molar-refractivity contribution in [3.8, 4) is 17.1 Å². The van der Waals surface area contributed by atoms with E-state index in [4.69, 9.17) is 39.4 Å². The van der Waals surface area contributed by atoms with E-state index in [1.54, 1.807) is 37.8 Å². The predicted octanol–water partition coefficient (Wildman–Crippen LogP) is 0.465. The Morgan fingerprint density at radius 3 is 1.96 bits per heavy atom. The third-order valence-corrected chi connectivity index (χ3v) is 13.9. The average molecular weight is 1200 g/mol. The minimum atomic E-state index is -1.72. The number of benzene rings is 2. The van der Waals surface area contributed by atoms with Crippen LogP contribution in [-0.4, -0.2) is 163 Å². The second-order valence-electron chi connectivity index (χ2n) is 20.7. The zero-order chi connectivity index (χ0) is 60.9. The molecule has 4 aromatic rings. The van der Waals surface area contributed by atoms with Gasteiger partial charge < -0.3 is 78.5 Å². The van der Waals surface area contributed by atoms with Gasteiger partial charge in [0.05, 0.1) is 36.0 Å². The summed E-state index contributed by atoms with van der Waals surface area (Å²) in [5.41, 5.74) is 11.8. The number of halogens is 2. The number of aliphatic hydroxyl groups excluding tert-OH is 2. The summed E-state index contributed by atoms with van der Waals surface area (Å²) in [7, 11) is 0. The number of carbonyl (C=O) groups excluding carboxylic acids is 9. The Morgan fingerprint density at radius 1 is 0.759 bits per heavy atom. The summed E-state index contributed by atoms with van der Waals surface area (Å²) < 4.78 is 5.96. The van der Waals surface area contributed by atoms with Gasteiger partial charge in [0.2, 0.25) is 47.3 Å². The van der Waals surface area contributed by atoms with Crippen LogP contribution in [0.1, 0.15) is 97.6 Å². The van der Waals surface area contributed by atoms with Gasteiger partial charge in [0, 0.05) is 60.3 Å². The molecule has 83 heavy (non-hydrogen) atoms. The topological polar surface area (TPSA) is 417 Å². The molecule has 2 aromatic carbocycles. The molecule has 9 amide bonds. The minimum Gasteiger partial charge on any atom is -0.409 e. The highest BCUT2D eigenvalue weighted by Gasteiger charge is 2.35. The number of nitrogens with one attached hydrogen (secondary N) is 9. The standard InChI is InChI=1S/C54H74Cl2N14O13/c1-28(2)19-40(66-49(77)38(10-5-7-17-57)64-52(80)42(25-71)68-53(81)43(26-72)67-51(79)41(62-30(4)73)23-33-24-59-27-60-33)50(78)65-39(14-16-45(58)74)48(76)61-29(3)20-34-9-6-8-18-70(34)54(82)83-44-15-12-32(56)22-36(44)46-63-37-13-11-31(55)21-35(37)47(75)69-46/h11-13,15,21-22,24,27-29,34,38-43,71-72H,5-10,14,16-20,23,25-26,57H2,1-4H3,(H2,58,74)(H,59,60)(H,61,76)(H,62,73)(H,64,80)(H,65,78)(H,66,77)(H,67,79)(H,68,81)(H,63,69,75)/t29-,34?,38-,39-,40-,41-,42-,43-/m0/s1. The number of hydrogen-bond donors (Lipinski definition) is 13. The van der Waals surface area contributed by atoms with Crippen molar-refractivity contribution in [3.05, 3.63) is 75.0 Å². The van der Waals surface area contributed by atoms with Gasteiger partial charge >= 0.3 is 6.09 Å². The molecule has 27 nitrogen and oxygen atoms in total. The molecule has 1 saturated heterocycles. The fourth-order valence-corrected chi connectivity index (χ4v) is 9.65. The van der Waals surface area contributed by atoms with Gasteiger partial charge in [-0.25, -0.2) is 14.8 Å². The Bertz CT molecular complexity index is 2980. The van der Waals surface area contributed by atoms with E-state index in [0.717, 1.165) is 6.42 Å². The number of fused-ring (bicyclic) bond motifs is 1. The fraction of sp³-hybridized carbons (Fsp3) is 0.519. The number of rotatable bonds is 30. The minimum absolute atomic E-state index is 0.0197. The highest BCUT2D eigenvalue weighted by Crippen LogP contribution is 2.33. The first kappa shape index (κ1) is 66.1. The van der Waals surface area contributed by atoms with Gasteiger partial charge in [-0.15, -0.1) is 0 Å². The molecule has 8 atom stereocenters. The number of amides is 9. The van der Waals surface area contributed by atoms with Crippen LogP contribution in [0.2, 0.25) is 10.0 Å². The van der Waals surface area contributed by atoms with Crippen LogP contribution in [0.3, 0.4) is 0 Å². The van der Waals surface area contributed by atoms with Crippen LogP contribution < -0.4 is 59.0 Å². The molecule has 15 N–H and O–H groups in total. The number of aromatic nitrogens is 4. The number of H-pyrrole nitrogens is 2. The molecule has 1 aliphatic heterocycles. The molecular formula is C54H74Cl2N14O13. The quantitative estimate of drug-likeness (QED) is 0.0316. The molecule has 3 heterocycles. The third kappa shape index (κ3) is 20.3. The molecule has 5 rings (SSSR count). The Labute approximate surface area is 488 Å². The third-order valence-electron chi connectivity index (χ3n) is 13.5. The van der Waals surface area contributed by atoms with Crippen molar-refractivity contribution in [1.29, 1.82) is 0 Å². The lowest BCUT2D eigenvalue weighted by molar-refractivity contribution is -0.136. The molecule has 29 heteroatoms. The molecule has 0 radical (unpaired) electrons. The van der Waals surface area contributed by atoms with Crippen LogP contribution in [-0.2, 0) is 44.8 Å². The summed E-state index contributed by atoms with van der Waals surface area (Å²) in [5.74, 6) is -6.72. The summed E-state index contributed by atoms with van der Waals surface area (Å²) in [6, 6.07) is -0.488. The van der Waals surface area contributed by atoms with E-state index < -0.39 is 120 Å². The Morgan fingerprint density at radius 2 is 1.35 bits per heavy atom. The summed E-state index contributed by atoms with van der Waals surface area (Å²) in [4.78, 5) is 149. The van der Waals surface area contributed by atoms with Crippen LogP contribution >= 0.6 is 23.2 Å². The molecule has 452 valence electrons. The molecule has 1 aliphatic rings. The maximum absolute atomic E-state index is 14.2. The van der Waals surface area contributed by atoms with Crippen molar-refractivity contribution in [2.45, 2.75) is 147 Å². The lowest BCUT2D eigenvalue weighted by atomic mass is 9.96. The zero-order valence-electron chi connectivity index (χ0n) is 46.6. The molecular weight excluding hydrogens is 1120 g/mol. The number of imidazole rings is 1. The van der Waals surface area contributed by atoms with Crippen molar-refractivity contribution in [2.24, 2.45) is 17.4 Å². The number of ether oxygens (including phenoxy) is 1. The molecule has 0 saturated carbocycles. The van der Waals surface area contributed by atoms with Gasteiger partial charge in [-0.1, -0.05) is 37.0 Å². The first-order chi connectivity index (χ1) is 39.5. The Balaban J connectivity index is 1.25. The molecule has 0 spiro atoms. The van der Waals surface area contributed by atoms with Gasteiger partial charge in [-0.2, -0.15) is 0 Å². The van der Waals surface area contributed by atoms with Gasteiger partial charge in [-0.05, 0) is 114 Å². The average Bonchev–Trinajstić information content (AvgIpc) is 4.06. The van der Waals surface area contributed by atoms with E-state index >= 15 is 0 Å². The summed E-state index contributed by atoms with van der Waals surface area (Å²) >= 11 is 12.5. The highest BCUT2D eigenvalue weighted by atomic mass is 35.5. The van der Waals surface area contributed by atoms with Crippen molar-refractivity contribution in [3.63, 3.8) is 0 Å². The summed E-state index contributed by atoms with van der Waals surface area (Å²) in [6.07, 6.45) is 4.43. The van der Waals surface area contributed by atoms with Crippen LogP contribution in [0, 0.1) is 5.92 Å². The number of carbonyl (C=O) groups is 9. The number of nitrogens with zero attached hydrogens (tertiary/aromatic N) is 3. The van der Waals surface area contributed by atoms with E-state index in [1.807, 2.05) is 0 Å². The first-order valence-corrected chi connectivity index (χ1v) is 28.0. The van der Waals surface area contributed by atoms with E-state index in [0.29, 0.717) is 48.5 Å². The lowest BCUT2D eigenvalue weighted by Crippen LogP contribution is -2.61. The summed E-state index contributed by atoms with van der Waals surface area (Å²) in [5, 5.41) is 39.0. The number of nitrogens with two attached hydrogens (primary N) is 2. The number of primary amides is 1. The van der Waals surface area contributed by atoms with Gasteiger partial charge in [0.15, 0.2) is 0 Å². The number of likely N-dealkylation sites (tertiary alicyclic amines) is 1. The highest BCUT2D eigenvalue weighted by molar-refractivity contribution is 6.31. The monoisotopic (exact) mass is 1200 g/mol. The smallest absolute Gasteiger partial charge is 0.409 e. The Kier molecular flexibility index (Phi) is 25.6. The predicted molar refractivity (Wildman–Crippen MR) is 305 cm³/mol. The number of unbranched alkanes of at least 4 members (excludes halogenated alkanes) is 1. The first-order valence-electron chi connectivity index (χ1n) is 27.2. The molecule has 1 fully saturated rings. The van der Waals surface area contributed by atoms with E-state index in [2.05, 4.69) is 57.2 Å². The fourth-order valence-electron chi connectivity index (χ4n) is 9.30. The van der Waals surface area contributed by atoms with Crippen molar-refractivity contribution >= 4 is 87.5 Å². The van der Waals surface area contributed by atoms with E-state index in [1.165, 1.54) is 43.7 Å². The maximum Gasteiger partial charge on any atom is 0.415 e. The largest absolute Gasteiger partial charge is 0.415 e. The van der Waals surface area contributed by atoms with Gasteiger partial charge in [0.1, 0.15) is 47.8 Å².